The van der Waals surface area contributed by atoms with E-state index in [0.29, 0.717) is 0 Å². The molecule has 1 unspecified atom stereocenters. The van der Waals surface area contributed by atoms with Gasteiger partial charge >= 0.3 is 0 Å². The van der Waals surface area contributed by atoms with Crippen LogP contribution in [0.3, 0.4) is 0 Å². The van der Waals surface area contributed by atoms with Crippen LogP contribution in [0.5, 0.6) is 0 Å². The summed E-state index contributed by atoms with van der Waals surface area (Å²) in [6.45, 7) is 3.00. The van der Waals surface area contributed by atoms with Crippen molar-refractivity contribution in [1.29, 1.82) is 0 Å². The van der Waals surface area contributed by atoms with Crippen LogP contribution in [0.15, 0.2) is 42.5 Å². The highest BCUT2D eigenvalue weighted by Gasteiger charge is 2.25. The molecule has 0 amide bonds. The molecular formula is C18H17N3O2. The largest absolute Gasteiger partial charge is 0.357 e. The summed E-state index contributed by atoms with van der Waals surface area (Å²) in [6, 6.07) is 13.3. The molecule has 0 saturated heterocycles. The molecule has 0 aliphatic carbocycles. The second-order valence-electron chi connectivity index (χ2n) is 6.05. The molecule has 116 valence electrons. The Morgan fingerprint density at radius 2 is 1.96 bits per heavy atom. The number of hydrogen-bond donors (Lipinski definition) is 2. The highest BCUT2D eigenvalue weighted by atomic mass is 16.6. The second kappa shape index (κ2) is 5.21. The van der Waals surface area contributed by atoms with Crippen molar-refractivity contribution >= 4 is 16.6 Å². The van der Waals surface area contributed by atoms with Crippen LogP contribution in [-0.4, -0.2) is 16.5 Å². The number of nitro groups is 1. The van der Waals surface area contributed by atoms with Crippen LogP contribution in [0.2, 0.25) is 0 Å². The number of nitro benzene ring substituents is 1. The number of H-pyrrole nitrogens is 1. The van der Waals surface area contributed by atoms with Crippen molar-refractivity contribution in [1.82, 2.24) is 10.3 Å². The highest BCUT2D eigenvalue weighted by Crippen LogP contribution is 2.34. The van der Waals surface area contributed by atoms with E-state index in [2.05, 4.69) is 35.4 Å². The molecular weight excluding hydrogens is 290 g/mol. The minimum atomic E-state index is -0.366. The molecule has 1 aromatic heterocycles. The standard InChI is InChI=1S/C18H17N3O2/c1-11-2-7-16-15(10-11)14-8-9-19-17(18(14)20-16)12-3-5-13(6-4-12)21(22)23/h2-7,10,17,19-20H,8-9H2,1H3. The fourth-order valence-corrected chi connectivity index (χ4v) is 3.41. The lowest BCUT2D eigenvalue weighted by Gasteiger charge is -2.24. The molecule has 0 fully saturated rings. The number of nitrogens with one attached hydrogen (secondary N) is 2. The molecule has 0 saturated carbocycles. The van der Waals surface area contributed by atoms with Crippen LogP contribution >= 0.6 is 0 Å². The number of aromatic nitrogens is 1. The van der Waals surface area contributed by atoms with E-state index in [1.165, 1.54) is 22.2 Å². The van der Waals surface area contributed by atoms with Crippen molar-refractivity contribution in [3.63, 3.8) is 0 Å². The zero-order chi connectivity index (χ0) is 16.0. The third-order valence-corrected chi connectivity index (χ3v) is 4.54. The summed E-state index contributed by atoms with van der Waals surface area (Å²) >= 11 is 0. The van der Waals surface area contributed by atoms with Gasteiger partial charge < -0.3 is 10.3 Å². The summed E-state index contributed by atoms with van der Waals surface area (Å²) in [4.78, 5) is 14.0. The quantitative estimate of drug-likeness (QED) is 0.561. The van der Waals surface area contributed by atoms with E-state index in [-0.39, 0.29) is 16.7 Å². The predicted molar refractivity (Wildman–Crippen MR) is 89.7 cm³/mol. The van der Waals surface area contributed by atoms with E-state index in [0.717, 1.165) is 24.0 Å². The smallest absolute Gasteiger partial charge is 0.269 e. The molecule has 2 heterocycles. The number of aryl methyl sites for hydroxylation is 1. The van der Waals surface area contributed by atoms with Gasteiger partial charge in [-0.15, -0.1) is 0 Å². The van der Waals surface area contributed by atoms with Gasteiger partial charge in [0.05, 0.1) is 11.0 Å². The maximum atomic E-state index is 10.8. The molecule has 0 spiro atoms. The highest BCUT2D eigenvalue weighted by molar-refractivity contribution is 5.86. The Hall–Kier alpha value is -2.66. The van der Waals surface area contributed by atoms with E-state index < -0.39 is 0 Å². The third-order valence-electron chi connectivity index (χ3n) is 4.54. The van der Waals surface area contributed by atoms with Gasteiger partial charge in [-0.3, -0.25) is 10.1 Å². The van der Waals surface area contributed by atoms with Crippen molar-refractivity contribution in [2.45, 2.75) is 19.4 Å². The maximum Gasteiger partial charge on any atom is 0.269 e. The molecule has 3 aromatic rings. The topological polar surface area (TPSA) is 71.0 Å². The minimum absolute atomic E-state index is 0.0484. The van der Waals surface area contributed by atoms with E-state index in [4.69, 9.17) is 0 Å². The normalized spacial score (nSPS) is 17.2. The van der Waals surface area contributed by atoms with Gasteiger partial charge in [-0.25, -0.2) is 0 Å². The first-order chi connectivity index (χ1) is 11.1. The van der Waals surface area contributed by atoms with Crippen molar-refractivity contribution in [3.8, 4) is 0 Å². The average molecular weight is 307 g/mol. The third kappa shape index (κ3) is 2.29. The molecule has 1 aliphatic rings. The van der Waals surface area contributed by atoms with Gasteiger partial charge in [0.2, 0.25) is 0 Å². The van der Waals surface area contributed by atoms with Crippen molar-refractivity contribution in [2.75, 3.05) is 6.54 Å². The molecule has 2 aromatic carbocycles. The molecule has 0 bridgehead atoms. The van der Waals surface area contributed by atoms with Crippen LogP contribution in [-0.2, 0) is 6.42 Å². The van der Waals surface area contributed by atoms with Crippen LogP contribution in [0.25, 0.3) is 10.9 Å². The van der Waals surface area contributed by atoms with Crippen molar-refractivity contribution in [3.05, 3.63) is 75.0 Å². The summed E-state index contributed by atoms with van der Waals surface area (Å²) in [5.41, 5.74) is 6.09. The molecule has 5 heteroatoms. The van der Waals surface area contributed by atoms with Crippen LogP contribution in [0.4, 0.5) is 5.69 Å². The zero-order valence-electron chi connectivity index (χ0n) is 12.8. The van der Waals surface area contributed by atoms with Gasteiger partial charge in [0.1, 0.15) is 0 Å². The summed E-state index contributed by atoms with van der Waals surface area (Å²) in [6.07, 6.45) is 0.988. The fraction of sp³-hybridized carbons (Fsp3) is 0.222. The zero-order valence-corrected chi connectivity index (χ0v) is 12.8. The van der Waals surface area contributed by atoms with E-state index in [1.807, 2.05) is 12.1 Å². The van der Waals surface area contributed by atoms with Crippen LogP contribution in [0, 0.1) is 17.0 Å². The minimum Gasteiger partial charge on any atom is -0.357 e. The molecule has 5 nitrogen and oxygen atoms in total. The first-order valence-electron chi connectivity index (χ1n) is 7.72. The molecule has 23 heavy (non-hydrogen) atoms. The maximum absolute atomic E-state index is 10.8. The Bertz CT molecular complexity index is 897. The van der Waals surface area contributed by atoms with Gasteiger partial charge in [0, 0.05) is 35.3 Å². The number of benzene rings is 2. The Kier molecular flexibility index (Phi) is 3.16. The average Bonchev–Trinajstić information content (AvgIpc) is 2.93. The lowest BCUT2D eigenvalue weighted by atomic mass is 9.94. The number of fused-ring (bicyclic) bond motifs is 3. The SMILES string of the molecule is Cc1ccc2[nH]c3c(c2c1)CCNC3c1ccc([N+](=O)[O-])cc1. The monoisotopic (exact) mass is 307 g/mol. The molecule has 4 rings (SSSR count). The van der Waals surface area contributed by atoms with Crippen LogP contribution in [0.1, 0.15) is 28.4 Å². The summed E-state index contributed by atoms with van der Waals surface area (Å²) in [5.74, 6) is 0. The second-order valence-corrected chi connectivity index (χ2v) is 6.05. The lowest BCUT2D eigenvalue weighted by Crippen LogP contribution is -2.30. The Morgan fingerprint density at radius 1 is 1.17 bits per heavy atom. The summed E-state index contributed by atoms with van der Waals surface area (Å²) < 4.78 is 0. The van der Waals surface area contributed by atoms with Crippen molar-refractivity contribution in [2.24, 2.45) is 0 Å². The number of rotatable bonds is 2. The molecule has 0 radical (unpaired) electrons. The predicted octanol–water partition coefficient (Wildman–Crippen LogP) is 3.62. The Morgan fingerprint density at radius 3 is 2.70 bits per heavy atom. The summed E-state index contributed by atoms with van der Waals surface area (Å²) in [7, 11) is 0. The van der Waals surface area contributed by atoms with Crippen molar-refractivity contribution < 1.29 is 4.92 Å². The van der Waals surface area contributed by atoms with Crippen LogP contribution < -0.4 is 5.32 Å². The number of nitrogens with zero attached hydrogens (tertiary/aromatic N) is 1. The Labute approximate surface area is 133 Å². The number of aromatic amines is 1. The van der Waals surface area contributed by atoms with Gasteiger partial charge in [-0.05, 0) is 36.6 Å². The number of non-ortho nitro benzene ring substituents is 1. The molecule has 1 atom stereocenters. The fourth-order valence-electron chi connectivity index (χ4n) is 3.41. The first kappa shape index (κ1) is 14.0. The van der Waals surface area contributed by atoms with Gasteiger partial charge in [-0.1, -0.05) is 23.8 Å². The first-order valence-corrected chi connectivity index (χ1v) is 7.72. The van der Waals surface area contributed by atoms with Gasteiger partial charge in [0.25, 0.3) is 5.69 Å². The molecule has 1 aliphatic heterocycles. The number of hydrogen-bond acceptors (Lipinski definition) is 3. The van der Waals surface area contributed by atoms with Gasteiger partial charge in [0.15, 0.2) is 0 Å². The van der Waals surface area contributed by atoms with E-state index in [1.54, 1.807) is 12.1 Å². The van der Waals surface area contributed by atoms with E-state index >= 15 is 0 Å². The lowest BCUT2D eigenvalue weighted by molar-refractivity contribution is -0.384. The molecule has 2 N–H and O–H groups in total. The Balaban J connectivity index is 1.81. The van der Waals surface area contributed by atoms with Gasteiger partial charge in [-0.2, -0.15) is 0 Å². The summed E-state index contributed by atoms with van der Waals surface area (Å²) in [5, 5.41) is 15.6. The van der Waals surface area contributed by atoms with E-state index in [9.17, 15) is 10.1 Å².